The van der Waals surface area contributed by atoms with E-state index < -0.39 is 0 Å². The van der Waals surface area contributed by atoms with E-state index in [0.717, 1.165) is 16.6 Å². The number of pyridine rings is 1. The number of fused-ring (bicyclic) bond motifs is 1. The molecule has 0 unspecified atom stereocenters. The van der Waals surface area contributed by atoms with Crippen LogP contribution in [0.1, 0.15) is 22.8 Å². The van der Waals surface area contributed by atoms with Gasteiger partial charge in [-0.1, -0.05) is 12.1 Å². The first-order valence-electron chi connectivity index (χ1n) is 6.79. The lowest BCUT2D eigenvalue weighted by atomic mass is 10.1. The molecule has 0 aliphatic rings. The molecule has 0 saturated carbocycles. The Labute approximate surface area is 122 Å². The van der Waals surface area contributed by atoms with Gasteiger partial charge in [-0.3, -0.25) is 4.98 Å². The van der Waals surface area contributed by atoms with Crippen LogP contribution in [0.5, 0.6) is 0 Å². The van der Waals surface area contributed by atoms with Crippen LogP contribution in [0.25, 0.3) is 11.0 Å². The third kappa shape index (κ3) is 2.76. The molecule has 0 fully saturated rings. The highest BCUT2D eigenvalue weighted by Gasteiger charge is 2.08. The number of benzene rings is 1. The molecular weight excluding hydrogens is 266 g/mol. The zero-order valence-electron chi connectivity index (χ0n) is 11.7. The summed E-state index contributed by atoms with van der Waals surface area (Å²) in [7, 11) is 0. The normalized spacial score (nSPS) is 10.7. The molecule has 5 heteroatoms. The van der Waals surface area contributed by atoms with Crippen molar-refractivity contribution in [2.24, 2.45) is 0 Å². The Morgan fingerprint density at radius 2 is 2.24 bits per heavy atom. The number of carbonyl (C=O) groups is 1. The first-order valence-corrected chi connectivity index (χ1v) is 6.79. The number of carbonyl (C=O) groups excluding carboxylic acids is 1. The van der Waals surface area contributed by atoms with Crippen molar-refractivity contribution in [3.8, 4) is 0 Å². The van der Waals surface area contributed by atoms with E-state index in [0.29, 0.717) is 18.7 Å². The molecule has 0 spiro atoms. The SMILES string of the molecule is CCOC(=O)c1cccc(Cn2cnc3cnccc32)c1. The number of imidazole rings is 1. The Bertz CT molecular complexity index is 780. The van der Waals surface area contributed by atoms with E-state index in [9.17, 15) is 4.79 Å². The number of nitrogens with zero attached hydrogens (tertiary/aromatic N) is 3. The molecule has 21 heavy (non-hydrogen) atoms. The second-order valence-electron chi connectivity index (χ2n) is 4.66. The van der Waals surface area contributed by atoms with Gasteiger partial charge < -0.3 is 9.30 Å². The average Bonchev–Trinajstić information content (AvgIpc) is 2.91. The zero-order valence-corrected chi connectivity index (χ0v) is 11.7. The highest BCUT2D eigenvalue weighted by molar-refractivity contribution is 5.89. The van der Waals surface area contributed by atoms with E-state index in [2.05, 4.69) is 9.97 Å². The van der Waals surface area contributed by atoms with Crippen LogP contribution in [0.3, 0.4) is 0 Å². The molecular formula is C16H15N3O2. The fourth-order valence-electron chi connectivity index (χ4n) is 2.25. The van der Waals surface area contributed by atoms with E-state index in [-0.39, 0.29) is 5.97 Å². The summed E-state index contributed by atoms with van der Waals surface area (Å²) in [5.41, 5.74) is 3.47. The number of rotatable bonds is 4. The molecule has 0 aliphatic carbocycles. The molecule has 106 valence electrons. The third-order valence-corrected chi connectivity index (χ3v) is 3.21. The molecule has 0 amide bonds. The van der Waals surface area contributed by atoms with Crippen LogP contribution in [0.15, 0.2) is 49.1 Å². The van der Waals surface area contributed by atoms with Gasteiger partial charge in [-0.2, -0.15) is 0 Å². The number of hydrogen-bond acceptors (Lipinski definition) is 4. The standard InChI is InChI=1S/C16H15N3O2/c1-2-21-16(20)13-5-3-4-12(8-13)10-19-11-18-14-9-17-7-6-15(14)19/h3-9,11H,2,10H2,1H3. The Kier molecular flexibility index (Phi) is 3.64. The second kappa shape index (κ2) is 5.75. The number of aromatic nitrogens is 3. The van der Waals surface area contributed by atoms with E-state index in [1.807, 2.05) is 28.8 Å². The number of esters is 1. The maximum Gasteiger partial charge on any atom is 0.338 e. The average molecular weight is 281 g/mol. The van der Waals surface area contributed by atoms with Crippen molar-refractivity contribution in [3.63, 3.8) is 0 Å². The van der Waals surface area contributed by atoms with Crippen molar-refractivity contribution in [3.05, 3.63) is 60.2 Å². The topological polar surface area (TPSA) is 57.0 Å². The van der Waals surface area contributed by atoms with Crippen LogP contribution in [-0.2, 0) is 11.3 Å². The molecule has 1 aromatic carbocycles. The van der Waals surface area contributed by atoms with Crippen LogP contribution >= 0.6 is 0 Å². The van der Waals surface area contributed by atoms with E-state index in [1.54, 1.807) is 31.7 Å². The van der Waals surface area contributed by atoms with Crippen LogP contribution in [0.4, 0.5) is 0 Å². The summed E-state index contributed by atoms with van der Waals surface area (Å²) in [5, 5.41) is 0. The number of hydrogen-bond donors (Lipinski definition) is 0. The smallest absolute Gasteiger partial charge is 0.338 e. The molecule has 0 bridgehead atoms. The summed E-state index contributed by atoms with van der Waals surface area (Å²) in [6.45, 7) is 2.82. The van der Waals surface area contributed by atoms with Crippen LogP contribution < -0.4 is 0 Å². The van der Waals surface area contributed by atoms with Gasteiger partial charge in [0, 0.05) is 12.7 Å². The van der Waals surface area contributed by atoms with Gasteiger partial charge in [0.2, 0.25) is 0 Å². The Morgan fingerprint density at radius 3 is 3.10 bits per heavy atom. The molecule has 0 radical (unpaired) electrons. The van der Waals surface area contributed by atoms with E-state index in [1.165, 1.54) is 0 Å². The monoisotopic (exact) mass is 281 g/mol. The quantitative estimate of drug-likeness (QED) is 0.690. The maximum absolute atomic E-state index is 11.8. The summed E-state index contributed by atoms with van der Waals surface area (Å²) in [5.74, 6) is -0.293. The molecule has 3 aromatic rings. The summed E-state index contributed by atoms with van der Waals surface area (Å²) in [4.78, 5) is 20.1. The highest BCUT2D eigenvalue weighted by atomic mass is 16.5. The van der Waals surface area contributed by atoms with Crippen molar-refractivity contribution in [1.29, 1.82) is 0 Å². The lowest BCUT2D eigenvalue weighted by Crippen LogP contribution is -2.06. The molecule has 2 heterocycles. The fraction of sp³-hybridized carbons (Fsp3) is 0.188. The maximum atomic E-state index is 11.8. The molecule has 0 N–H and O–H groups in total. The summed E-state index contributed by atoms with van der Waals surface area (Å²) >= 11 is 0. The van der Waals surface area contributed by atoms with Crippen molar-refractivity contribution >= 4 is 17.0 Å². The predicted octanol–water partition coefficient (Wildman–Crippen LogP) is 2.66. The minimum Gasteiger partial charge on any atom is -0.462 e. The Hall–Kier alpha value is -2.69. The van der Waals surface area contributed by atoms with Crippen LogP contribution in [0.2, 0.25) is 0 Å². The summed E-state index contributed by atoms with van der Waals surface area (Å²) < 4.78 is 7.05. The van der Waals surface area contributed by atoms with Gasteiger partial charge in [0.05, 0.1) is 30.2 Å². The van der Waals surface area contributed by atoms with Crippen molar-refractivity contribution < 1.29 is 9.53 Å². The Balaban J connectivity index is 1.88. The summed E-state index contributed by atoms with van der Waals surface area (Å²) in [6.07, 6.45) is 5.26. The molecule has 0 aliphatic heterocycles. The van der Waals surface area contributed by atoms with Crippen LogP contribution in [-0.4, -0.2) is 27.1 Å². The van der Waals surface area contributed by atoms with Crippen molar-refractivity contribution in [2.75, 3.05) is 6.61 Å². The third-order valence-electron chi connectivity index (χ3n) is 3.21. The molecule has 2 aromatic heterocycles. The minimum atomic E-state index is -0.293. The molecule has 0 atom stereocenters. The van der Waals surface area contributed by atoms with E-state index in [4.69, 9.17) is 4.74 Å². The Morgan fingerprint density at radius 1 is 1.33 bits per heavy atom. The lowest BCUT2D eigenvalue weighted by Gasteiger charge is -2.07. The zero-order chi connectivity index (χ0) is 14.7. The summed E-state index contributed by atoms with van der Waals surface area (Å²) in [6, 6.07) is 9.39. The van der Waals surface area contributed by atoms with Crippen LogP contribution in [0, 0.1) is 0 Å². The second-order valence-corrected chi connectivity index (χ2v) is 4.66. The van der Waals surface area contributed by atoms with Gasteiger partial charge in [-0.15, -0.1) is 0 Å². The molecule has 0 saturated heterocycles. The van der Waals surface area contributed by atoms with Gasteiger partial charge in [0.25, 0.3) is 0 Å². The predicted molar refractivity (Wildman–Crippen MR) is 79.0 cm³/mol. The largest absolute Gasteiger partial charge is 0.462 e. The van der Waals surface area contributed by atoms with E-state index >= 15 is 0 Å². The number of ether oxygens (including phenoxy) is 1. The van der Waals surface area contributed by atoms with Gasteiger partial charge in [-0.05, 0) is 30.7 Å². The van der Waals surface area contributed by atoms with Gasteiger partial charge in [0.1, 0.15) is 5.52 Å². The first-order chi connectivity index (χ1) is 10.3. The fourth-order valence-corrected chi connectivity index (χ4v) is 2.25. The van der Waals surface area contributed by atoms with Gasteiger partial charge in [-0.25, -0.2) is 9.78 Å². The van der Waals surface area contributed by atoms with Crippen molar-refractivity contribution in [2.45, 2.75) is 13.5 Å². The van der Waals surface area contributed by atoms with Crippen molar-refractivity contribution in [1.82, 2.24) is 14.5 Å². The van der Waals surface area contributed by atoms with Gasteiger partial charge in [0.15, 0.2) is 0 Å². The first kappa shape index (κ1) is 13.3. The minimum absolute atomic E-state index is 0.293. The molecule has 3 rings (SSSR count). The lowest BCUT2D eigenvalue weighted by molar-refractivity contribution is 0.0526. The molecule has 5 nitrogen and oxygen atoms in total. The van der Waals surface area contributed by atoms with Gasteiger partial charge >= 0.3 is 5.97 Å². The highest BCUT2D eigenvalue weighted by Crippen LogP contribution is 2.14.